The molecule has 0 aromatic heterocycles. The van der Waals surface area contributed by atoms with Crippen molar-refractivity contribution in [1.29, 1.82) is 0 Å². The molecule has 0 rings (SSSR count). The van der Waals surface area contributed by atoms with Crippen LogP contribution in [0.2, 0.25) is 0 Å². The van der Waals surface area contributed by atoms with Crippen molar-refractivity contribution < 1.29 is 29.9 Å². The van der Waals surface area contributed by atoms with Crippen molar-refractivity contribution >= 4 is 0 Å². The molecule has 0 saturated heterocycles. The fourth-order valence-electron chi connectivity index (χ4n) is 0.246. The van der Waals surface area contributed by atoms with E-state index < -0.39 is 0 Å². The Hall–Kier alpha value is -0.280. The summed E-state index contributed by atoms with van der Waals surface area (Å²) in [5.41, 5.74) is 5.14. The Kier molecular flexibility index (Phi) is 9.47. The van der Waals surface area contributed by atoms with Crippen LogP contribution in [0.3, 0.4) is 0 Å². The van der Waals surface area contributed by atoms with Gasteiger partial charge in [-0.2, -0.15) is 0 Å². The topological polar surface area (TPSA) is 81.4 Å². The third kappa shape index (κ3) is 9.72. The Morgan fingerprint density at radius 1 is 1.09 bits per heavy atom. The van der Waals surface area contributed by atoms with Gasteiger partial charge in [0.25, 0.3) is 0 Å². The maximum atomic E-state index is 5.14. The first-order valence-electron chi connectivity index (χ1n) is 2.94. The Balaban J connectivity index is 2.69. The smallest absolute Gasteiger partial charge is 0.0867 e. The summed E-state index contributed by atoms with van der Waals surface area (Å²) in [6, 6.07) is 0. The monoisotopic (exact) mass is 169 g/mol. The average molecular weight is 169 g/mol. The van der Waals surface area contributed by atoms with Gasteiger partial charge in [-0.3, -0.25) is 0 Å². The second-order valence-corrected chi connectivity index (χ2v) is 1.40. The molecule has 2 N–H and O–H groups in total. The summed E-state index contributed by atoms with van der Waals surface area (Å²) in [6.07, 6.45) is 0.661. The zero-order chi connectivity index (χ0) is 8.36. The van der Waals surface area contributed by atoms with E-state index in [-0.39, 0.29) is 0 Å². The largest absolute Gasteiger partial charge is 0.330 e. The SMILES string of the molecule is COOOOOOCCCN. The normalized spacial score (nSPS) is 10.4. The molecule has 11 heavy (non-hydrogen) atoms. The van der Waals surface area contributed by atoms with Crippen LogP contribution in [0.5, 0.6) is 0 Å². The average Bonchev–Trinajstić information content (AvgIpc) is 2.03. The molecule has 0 amide bonds. The molecule has 0 fully saturated rings. The molecule has 0 spiro atoms. The summed E-state index contributed by atoms with van der Waals surface area (Å²) in [7, 11) is 1.23. The minimum Gasteiger partial charge on any atom is -0.330 e. The molecule has 0 aromatic carbocycles. The molecule has 0 aliphatic rings. The number of nitrogens with two attached hydrogens (primary N) is 1. The highest BCUT2D eigenvalue weighted by Crippen LogP contribution is 1.86. The van der Waals surface area contributed by atoms with Crippen LogP contribution >= 0.6 is 0 Å². The molecule has 0 aliphatic carbocycles. The first kappa shape index (κ1) is 10.7. The molecule has 7 nitrogen and oxygen atoms in total. The van der Waals surface area contributed by atoms with Crippen LogP contribution < -0.4 is 5.73 Å². The van der Waals surface area contributed by atoms with Gasteiger partial charge in [0, 0.05) is 0 Å². The molecule has 0 bridgehead atoms. The van der Waals surface area contributed by atoms with Crippen LogP contribution in [-0.2, 0) is 29.9 Å². The molecule has 0 radical (unpaired) electrons. The number of hydrogen-bond donors (Lipinski definition) is 1. The Bertz CT molecular complexity index is 63.6. The van der Waals surface area contributed by atoms with Gasteiger partial charge >= 0.3 is 0 Å². The van der Waals surface area contributed by atoms with Crippen molar-refractivity contribution in [2.24, 2.45) is 5.73 Å². The lowest BCUT2D eigenvalue weighted by Crippen LogP contribution is -2.05. The van der Waals surface area contributed by atoms with Crippen molar-refractivity contribution in [3.05, 3.63) is 0 Å². The fourth-order valence-corrected chi connectivity index (χ4v) is 0.246. The van der Waals surface area contributed by atoms with Crippen LogP contribution in [0.25, 0.3) is 0 Å². The van der Waals surface area contributed by atoms with Gasteiger partial charge in [0.15, 0.2) is 0 Å². The molecule has 0 heterocycles. The first-order chi connectivity index (χ1) is 5.41. The van der Waals surface area contributed by atoms with Crippen molar-refractivity contribution in [3.63, 3.8) is 0 Å². The van der Waals surface area contributed by atoms with Crippen molar-refractivity contribution in [2.75, 3.05) is 20.3 Å². The summed E-state index contributed by atoms with van der Waals surface area (Å²) >= 11 is 0. The maximum absolute atomic E-state index is 5.14. The minimum atomic E-state index is 0.312. The van der Waals surface area contributed by atoms with Crippen molar-refractivity contribution in [3.8, 4) is 0 Å². The summed E-state index contributed by atoms with van der Waals surface area (Å²) in [6.45, 7) is 0.825. The number of rotatable bonds is 8. The number of hydrogen-bond acceptors (Lipinski definition) is 7. The molecule has 0 aliphatic heterocycles. The lowest BCUT2D eigenvalue weighted by Gasteiger charge is -1.98. The van der Waals surface area contributed by atoms with Gasteiger partial charge < -0.3 is 5.73 Å². The Labute approximate surface area is 63.5 Å². The van der Waals surface area contributed by atoms with E-state index in [1.54, 1.807) is 0 Å². The zero-order valence-corrected chi connectivity index (χ0v) is 6.15. The van der Waals surface area contributed by atoms with Crippen LogP contribution in [0.4, 0.5) is 0 Å². The van der Waals surface area contributed by atoms with Crippen LogP contribution in [0.15, 0.2) is 0 Å². The predicted octanol–water partition coefficient (Wildman–Crippen LogP) is -0.360. The lowest BCUT2D eigenvalue weighted by atomic mass is 10.5. The van der Waals surface area contributed by atoms with Crippen LogP contribution in [0, 0.1) is 0 Å². The molecule has 7 heteroatoms. The first-order valence-corrected chi connectivity index (χ1v) is 2.94. The summed E-state index contributed by atoms with van der Waals surface area (Å²) < 4.78 is 0. The molecule has 0 unspecified atom stereocenters. The van der Waals surface area contributed by atoms with Gasteiger partial charge in [-0.1, -0.05) is 0 Å². The van der Waals surface area contributed by atoms with E-state index >= 15 is 0 Å². The fraction of sp³-hybridized carbons (Fsp3) is 1.00. The zero-order valence-electron chi connectivity index (χ0n) is 6.15. The van der Waals surface area contributed by atoms with Crippen LogP contribution in [-0.4, -0.2) is 20.3 Å². The molecular formula is C4H11NO6. The summed E-state index contributed by atoms with van der Waals surface area (Å²) in [5, 5.41) is 15.3. The maximum Gasteiger partial charge on any atom is 0.0867 e. The predicted molar refractivity (Wildman–Crippen MR) is 31.0 cm³/mol. The van der Waals surface area contributed by atoms with Gasteiger partial charge in [-0.05, 0) is 33.1 Å². The highest BCUT2D eigenvalue weighted by molar-refractivity contribution is 4.30. The van der Waals surface area contributed by atoms with E-state index in [1.165, 1.54) is 7.11 Å². The quantitative estimate of drug-likeness (QED) is 0.302. The highest BCUT2D eigenvalue weighted by Gasteiger charge is 1.90. The van der Waals surface area contributed by atoms with E-state index in [2.05, 4.69) is 29.9 Å². The van der Waals surface area contributed by atoms with Crippen molar-refractivity contribution in [1.82, 2.24) is 0 Å². The van der Waals surface area contributed by atoms with Gasteiger partial charge in [-0.25, -0.2) is 9.78 Å². The molecule has 68 valence electrons. The van der Waals surface area contributed by atoms with Gasteiger partial charge in [0.1, 0.15) is 0 Å². The van der Waals surface area contributed by atoms with E-state index in [0.717, 1.165) is 0 Å². The molecule has 0 saturated carbocycles. The van der Waals surface area contributed by atoms with Gasteiger partial charge in [0.2, 0.25) is 0 Å². The van der Waals surface area contributed by atoms with Gasteiger partial charge in [-0.15, -0.1) is 0 Å². The Morgan fingerprint density at radius 3 is 2.45 bits per heavy atom. The van der Waals surface area contributed by atoms with Crippen molar-refractivity contribution in [2.45, 2.75) is 6.42 Å². The standard InChI is InChI=1S/C4H11NO6/c1-6-8-10-11-9-7-4-2-3-5/h2-5H2,1H3. The second-order valence-electron chi connectivity index (χ2n) is 1.40. The highest BCUT2D eigenvalue weighted by atomic mass is 17.8. The second kappa shape index (κ2) is 9.72. The van der Waals surface area contributed by atoms with E-state index in [0.29, 0.717) is 19.6 Å². The Morgan fingerprint density at radius 2 is 1.82 bits per heavy atom. The van der Waals surface area contributed by atoms with E-state index in [4.69, 9.17) is 5.73 Å². The third-order valence-corrected chi connectivity index (χ3v) is 0.631. The lowest BCUT2D eigenvalue weighted by molar-refractivity contribution is -0.754. The van der Waals surface area contributed by atoms with Crippen LogP contribution in [0.1, 0.15) is 6.42 Å². The van der Waals surface area contributed by atoms with Gasteiger partial charge in [0.05, 0.1) is 13.7 Å². The summed E-state index contributed by atoms with van der Waals surface area (Å²) in [4.78, 5) is 8.32. The van der Waals surface area contributed by atoms with E-state index in [1.807, 2.05) is 0 Å². The molecule has 0 atom stereocenters. The minimum absolute atomic E-state index is 0.312. The molecule has 0 aromatic rings. The van der Waals surface area contributed by atoms with E-state index in [9.17, 15) is 0 Å². The third-order valence-electron chi connectivity index (χ3n) is 0.631. The molecular weight excluding hydrogens is 158 g/mol. The summed E-state index contributed by atoms with van der Waals surface area (Å²) in [5.74, 6) is 0.